The molecule has 1 heterocycles. The van der Waals surface area contributed by atoms with E-state index in [4.69, 9.17) is 23.2 Å². The van der Waals surface area contributed by atoms with Crippen molar-refractivity contribution in [2.75, 3.05) is 6.54 Å². The number of nitrogens with two attached hydrogens (primary N) is 1. The van der Waals surface area contributed by atoms with Crippen molar-refractivity contribution >= 4 is 40.7 Å². The van der Waals surface area contributed by atoms with Gasteiger partial charge in [0.25, 0.3) is 11.8 Å². The molecule has 3 atom stereocenters. The van der Waals surface area contributed by atoms with Crippen LogP contribution < -0.4 is 16.1 Å². The molecule has 0 radical (unpaired) electrons. The molecule has 1 saturated carbocycles. The van der Waals surface area contributed by atoms with Crippen LogP contribution in [0.1, 0.15) is 29.6 Å². The molecule has 28 heavy (non-hydrogen) atoms. The van der Waals surface area contributed by atoms with Crippen LogP contribution in [0.2, 0.25) is 0 Å². The lowest BCUT2D eigenvalue weighted by Gasteiger charge is -2.31. The Morgan fingerprint density at radius 3 is 2.43 bits per heavy atom. The van der Waals surface area contributed by atoms with E-state index in [0.717, 1.165) is 37.5 Å². The SMILES string of the molecule is O=C(NCC1C(Cl)CCC[C@H]1Cl)C1=N[NH2+]C=C1NC(=O)c1c(F)cccc1F. The van der Waals surface area contributed by atoms with Gasteiger partial charge in [0, 0.05) is 23.2 Å². The molecule has 10 heteroatoms. The van der Waals surface area contributed by atoms with Gasteiger partial charge in [-0.2, -0.15) is 5.43 Å². The molecule has 1 aromatic carbocycles. The number of alkyl halides is 2. The van der Waals surface area contributed by atoms with E-state index in [9.17, 15) is 18.4 Å². The van der Waals surface area contributed by atoms with E-state index in [1.165, 1.54) is 11.6 Å². The lowest BCUT2D eigenvalue weighted by atomic mass is 9.88. The van der Waals surface area contributed by atoms with Crippen LogP contribution in [0.3, 0.4) is 0 Å². The van der Waals surface area contributed by atoms with E-state index >= 15 is 0 Å². The van der Waals surface area contributed by atoms with Crippen LogP contribution in [0, 0.1) is 17.6 Å². The minimum absolute atomic E-state index is 0.0543. The van der Waals surface area contributed by atoms with Gasteiger partial charge in [-0.05, 0) is 25.0 Å². The van der Waals surface area contributed by atoms with Gasteiger partial charge in [0.2, 0.25) is 5.71 Å². The molecule has 1 aromatic rings. The second-order valence-corrected chi connectivity index (χ2v) is 7.72. The Bertz CT molecular complexity index is 817. The first-order valence-electron chi connectivity index (χ1n) is 8.82. The fraction of sp³-hybridized carbons (Fsp3) is 0.389. The smallest absolute Gasteiger partial charge is 0.277 e. The van der Waals surface area contributed by atoms with Gasteiger partial charge in [-0.15, -0.1) is 23.2 Å². The van der Waals surface area contributed by atoms with Gasteiger partial charge in [0.1, 0.15) is 29.1 Å². The number of nitrogens with one attached hydrogen (secondary N) is 2. The Balaban J connectivity index is 1.62. The van der Waals surface area contributed by atoms with Gasteiger partial charge in [0.05, 0.1) is 0 Å². The normalized spacial score (nSPS) is 24.4. The van der Waals surface area contributed by atoms with Crippen molar-refractivity contribution in [3.8, 4) is 0 Å². The van der Waals surface area contributed by atoms with E-state index < -0.39 is 29.0 Å². The summed E-state index contributed by atoms with van der Waals surface area (Å²) in [7, 11) is 0. The summed E-state index contributed by atoms with van der Waals surface area (Å²) in [4.78, 5) is 24.7. The van der Waals surface area contributed by atoms with Crippen LogP contribution in [0.4, 0.5) is 8.78 Å². The van der Waals surface area contributed by atoms with Crippen LogP contribution in [-0.4, -0.2) is 34.8 Å². The molecule has 2 unspecified atom stereocenters. The fourth-order valence-electron chi connectivity index (χ4n) is 3.23. The van der Waals surface area contributed by atoms with Crippen LogP contribution in [-0.2, 0) is 4.79 Å². The first kappa shape index (κ1) is 20.7. The number of benzene rings is 1. The lowest BCUT2D eigenvalue weighted by molar-refractivity contribution is -0.590. The van der Waals surface area contributed by atoms with E-state index in [2.05, 4.69) is 15.7 Å². The van der Waals surface area contributed by atoms with Crippen LogP contribution in [0.25, 0.3) is 0 Å². The largest absolute Gasteiger partial charge is 0.350 e. The molecule has 1 fully saturated rings. The molecule has 4 N–H and O–H groups in total. The Morgan fingerprint density at radius 1 is 1.14 bits per heavy atom. The molecule has 0 bridgehead atoms. The van der Waals surface area contributed by atoms with E-state index in [1.807, 2.05) is 0 Å². The predicted molar refractivity (Wildman–Crippen MR) is 101 cm³/mol. The van der Waals surface area contributed by atoms with E-state index in [1.54, 1.807) is 0 Å². The number of halogens is 4. The fourth-order valence-corrected chi connectivity index (χ4v) is 4.14. The summed E-state index contributed by atoms with van der Waals surface area (Å²) in [5.74, 6) is -3.62. The van der Waals surface area contributed by atoms with E-state index in [-0.39, 0.29) is 34.6 Å². The van der Waals surface area contributed by atoms with Crippen molar-refractivity contribution in [3.05, 3.63) is 47.3 Å². The molecular formula is C18H19Cl2F2N4O2+. The van der Waals surface area contributed by atoms with E-state index in [0.29, 0.717) is 0 Å². The standard InChI is InChI=1S/C18H18Cl2F2N4O2/c19-10-3-1-4-11(20)9(10)7-23-18(28)16-14(8-24-26-16)25-17(27)15-12(21)5-2-6-13(15)22/h2,5-6,8-11H,1,3-4,7H2,(H,23,28)(H,24,26)(H,25,27)/p+1/t9?,10-,11?/m1/s1. The van der Waals surface area contributed by atoms with Crippen molar-refractivity contribution in [1.29, 1.82) is 0 Å². The summed E-state index contributed by atoms with van der Waals surface area (Å²) in [6, 6.07) is 3.11. The van der Waals surface area contributed by atoms with Crippen LogP contribution >= 0.6 is 23.2 Å². The quantitative estimate of drug-likeness (QED) is 0.488. The molecule has 0 saturated heterocycles. The lowest BCUT2D eigenvalue weighted by Crippen LogP contribution is -2.69. The van der Waals surface area contributed by atoms with Crippen molar-refractivity contribution in [1.82, 2.24) is 10.6 Å². The first-order valence-corrected chi connectivity index (χ1v) is 9.69. The second kappa shape index (κ2) is 8.98. The van der Waals surface area contributed by atoms with Crippen molar-refractivity contribution < 1.29 is 23.8 Å². The minimum atomic E-state index is -1.01. The van der Waals surface area contributed by atoms with Crippen LogP contribution in [0.5, 0.6) is 0 Å². The molecule has 2 aliphatic rings. The zero-order valence-electron chi connectivity index (χ0n) is 14.7. The summed E-state index contributed by atoms with van der Waals surface area (Å²) < 4.78 is 27.5. The highest BCUT2D eigenvalue weighted by atomic mass is 35.5. The molecule has 1 aliphatic carbocycles. The van der Waals surface area contributed by atoms with Crippen molar-refractivity contribution in [2.24, 2.45) is 11.0 Å². The van der Waals surface area contributed by atoms with Gasteiger partial charge >= 0.3 is 0 Å². The number of carbonyl (C=O) groups is 2. The highest BCUT2D eigenvalue weighted by molar-refractivity contribution is 6.45. The Morgan fingerprint density at radius 2 is 1.79 bits per heavy atom. The summed E-state index contributed by atoms with van der Waals surface area (Å²) in [5.41, 5.74) is 0.585. The number of hydrogen-bond donors (Lipinski definition) is 3. The van der Waals surface area contributed by atoms with Gasteiger partial charge < -0.3 is 10.6 Å². The Hall–Kier alpha value is -2.03. The zero-order valence-corrected chi connectivity index (χ0v) is 16.2. The molecule has 6 nitrogen and oxygen atoms in total. The highest BCUT2D eigenvalue weighted by Crippen LogP contribution is 2.32. The number of rotatable bonds is 5. The molecular weight excluding hydrogens is 413 g/mol. The number of carbonyl (C=O) groups excluding carboxylic acids is 2. The molecule has 2 amide bonds. The molecule has 0 aromatic heterocycles. The number of amides is 2. The maximum Gasteiger partial charge on any atom is 0.277 e. The third kappa shape index (κ3) is 4.51. The third-order valence-electron chi connectivity index (χ3n) is 4.74. The predicted octanol–water partition coefficient (Wildman–Crippen LogP) is 1.60. The van der Waals surface area contributed by atoms with Crippen molar-refractivity contribution in [3.63, 3.8) is 0 Å². The number of hydrogen-bond acceptors (Lipinski definition) is 3. The number of quaternary nitrogens is 1. The van der Waals surface area contributed by atoms with Crippen molar-refractivity contribution in [2.45, 2.75) is 30.0 Å². The summed E-state index contributed by atoms with van der Waals surface area (Å²) >= 11 is 12.6. The maximum atomic E-state index is 13.8. The van der Waals surface area contributed by atoms with Gasteiger partial charge in [-0.1, -0.05) is 17.6 Å². The van der Waals surface area contributed by atoms with Gasteiger partial charge in [-0.25, -0.2) is 8.78 Å². The molecule has 150 valence electrons. The second-order valence-electron chi connectivity index (χ2n) is 6.59. The van der Waals surface area contributed by atoms with Gasteiger partial charge in [-0.3, -0.25) is 9.59 Å². The topological polar surface area (TPSA) is 87.2 Å². The molecule has 3 rings (SSSR count). The Kier molecular flexibility index (Phi) is 6.64. The average Bonchev–Trinajstić information content (AvgIpc) is 3.09. The number of nitrogens with zero attached hydrogens (tertiary/aromatic N) is 1. The summed E-state index contributed by atoms with van der Waals surface area (Å²) in [6.07, 6.45) is 3.98. The first-order chi connectivity index (χ1) is 13.4. The average molecular weight is 432 g/mol. The Labute approximate surface area is 170 Å². The maximum absolute atomic E-state index is 13.8. The third-order valence-corrected chi connectivity index (χ3v) is 5.82. The summed E-state index contributed by atoms with van der Waals surface area (Å²) in [5, 5.41) is 8.72. The minimum Gasteiger partial charge on any atom is -0.350 e. The molecule has 0 spiro atoms. The van der Waals surface area contributed by atoms with Crippen LogP contribution in [0.15, 0.2) is 35.2 Å². The monoisotopic (exact) mass is 431 g/mol. The van der Waals surface area contributed by atoms with Gasteiger partial charge in [0.15, 0.2) is 0 Å². The highest BCUT2D eigenvalue weighted by Gasteiger charge is 2.33. The zero-order chi connectivity index (χ0) is 20.3. The molecule has 1 aliphatic heterocycles. The summed E-state index contributed by atoms with van der Waals surface area (Å²) in [6.45, 7) is 0.267.